The van der Waals surface area contributed by atoms with Crippen molar-refractivity contribution in [2.75, 3.05) is 13.2 Å². The van der Waals surface area contributed by atoms with Gasteiger partial charge in [0.2, 0.25) is 0 Å². The second-order valence-electron chi connectivity index (χ2n) is 11.0. The molecule has 1 aliphatic carbocycles. The van der Waals surface area contributed by atoms with E-state index in [9.17, 15) is 9.59 Å². The van der Waals surface area contributed by atoms with Gasteiger partial charge in [0.25, 0.3) is 5.91 Å². The Morgan fingerprint density at radius 1 is 0.773 bits per heavy atom. The molecule has 1 amide bonds. The summed E-state index contributed by atoms with van der Waals surface area (Å²) < 4.78 is 11.3. The molecule has 6 nitrogen and oxygen atoms in total. The van der Waals surface area contributed by atoms with Crippen molar-refractivity contribution >= 4 is 23.5 Å². The number of carbonyl (C=O) groups excluding carboxylic acids is 2. The number of nitrogens with zero attached hydrogens (tertiary/aromatic N) is 2. The van der Waals surface area contributed by atoms with E-state index in [4.69, 9.17) is 14.6 Å². The molecule has 0 saturated heterocycles. The van der Waals surface area contributed by atoms with Crippen LogP contribution in [0.1, 0.15) is 76.6 Å². The highest BCUT2D eigenvalue weighted by Gasteiger charge is 2.44. The highest BCUT2D eigenvalue weighted by atomic mass is 16.5. The lowest BCUT2D eigenvalue weighted by molar-refractivity contribution is 0.0680. The summed E-state index contributed by atoms with van der Waals surface area (Å²) in [6.07, 6.45) is 5.04. The molecule has 0 aromatic heterocycles. The van der Waals surface area contributed by atoms with Gasteiger partial charge in [0.1, 0.15) is 11.5 Å². The van der Waals surface area contributed by atoms with Crippen LogP contribution in [0.5, 0.6) is 11.5 Å². The lowest BCUT2D eigenvalue weighted by Crippen LogP contribution is -2.32. The van der Waals surface area contributed by atoms with Crippen LogP contribution in [0.4, 0.5) is 0 Å². The van der Waals surface area contributed by atoms with E-state index in [1.807, 2.05) is 68.4 Å². The third-order valence-electron chi connectivity index (χ3n) is 8.20. The Hall–Kier alpha value is -4.97. The monoisotopic (exact) mass is 584 g/mol. The Kier molecular flexibility index (Phi) is 8.69. The van der Waals surface area contributed by atoms with Crippen LogP contribution in [-0.4, -0.2) is 35.6 Å². The van der Waals surface area contributed by atoms with E-state index < -0.39 is 0 Å². The van der Waals surface area contributed by atoms with E-state index in [1.54, 1.807) is 41.4 Å². The van der Waals surface area contributed by atoms with Gasteiger partial charge in [-0.3, -0.25) is 9.59 Å². The van der Waals surface area contributed by atoms with Crippen molar-refractivity contribution in [1.82, 2.24) is 5.01 Å². The minimum Gasteiger partial charge on any atom is -0.494 e. The zero-order valence-electron chi connectivity index (χ0n) is 25.1. The fraction of sp³-hybridized carbons (Fsp3) is 0.237. The zero-order valence-corrected chi connectivity index (χ0v) is 25.1. The molecule has 0 bridgehead atoms. The average molecular weight is 585 g/mol. The van der Waals surface area contributed by atoms with Gasteiger partial charge in [-0.2, -0.15) is 5.10 Å². The molecule has 0 spiro atoms. The molecule has 44 heavy (non-hydrogen) atoms. The van der Waals surface area contributed by atoms with Gasteiger partial charge in [-0.25, -0.2) is 5.01 Å². The Labute approximate surface area is 258 Å². The quantitative estimate of drug-likeness (QED) is 0.186. The van der Waals surface area contributed by atoms with Crippen LogP contribution in [0, 0.1) is 5.92 Å². The lowest BCUT2D eigenvalue weighted by atomic mass is 9.77. The van der Waals surface area contributed by atoms with Crippen LogP contribution < -0.4 is 9.47 Å². The number of hydrogen-bond donors (Lipinski definition) is 0. The Morgan fingerprint density at radius 3 is 2.00 bits per heavy atom. The van der Waals surface area contributed by atoms with E-state index >= 15 is 0 Å². The zero-order chi connectivity index (χ0) is 30.5. The number of carbonyl (C=O) groups is 2. The summed E-state index contributed by atoms with van der Waals surface area (Å²) in [5.74, 6) is 1.45. The maximum Gasteiger partial charge on any atom is 0.274 e. The second kappa shape index (κ2) is 13.1. The number of hydrazone groups is 1. The van der Waals surface area contributed by atoms with E-state index in [2.05, 4.69) is 18.2 Å². The standard InChI is InChI=1S/C38H36N2O4/c1-3-43-32-21-13-26(14-22-32)25-31-11-8-12-34-35(31)39-40(36(34)27-19-23-33(24-20-27)44-4-2)38(42)30-17-15-29(16-18-30)37(41)28-9-6-5-7-10-28/h5-7,9-10,13-25,34,36H,3-4,8,11-12H2,1-2H3/b31-25-/t34-,36+/m1/s1. The number of ketones is 1. The molecule has 0 radical (unpaired) electrons. The summed E-state index contributed by atoms with van der Waals surface area (Å²) in [5.41, 5.74) is 5.86. The first-order valence-corrected chi connectivity index (χ1v) is 15.3. The van der Waals surface area contributed by atoms with Gasteiger partial charge in [0.05, 0.1) is 25.0 Å². The molecule has 0 N–H and O–H groups in total. The van der Waals surface area contributed by atoms with Crippen molar-refractivity contribution < 1.29 is 19.1 Å². The van der Waals surface area contributed by atoms with E-state index in [0.717, 1.165) is 53.2 Å². The molecule has 1 aliphatic heterocycles. The van der Waals surface area contributed by atoms with Crippen molar-refractivity contribution in [2.24, 2.45) is 11.0 Å². The summed E-state index contributed by atoms with van der Waals surface area (Å²) in [6.45, 7) is 5.15. The third-order valence-corrected chi connectivity index (χ3v) is 8.20. The van der Waals surface area contributed by atoms with E-state index in [-0.39, 0.29) is 23.7 Å². The molecule has 6 heteroatoms. The number of hydrogen-bond acceptors (Lipinski definition) is 5. The SMILES string of the molecule is CCOc1ccc(/C=C2/CCC[C@@H]3C2=NN(C(=O)c2ccc(C(=O)c4ccccc4)cc2)[C@H]3c2ccc(OCC)cc2)cc1. The summed E-state index contributed by atoms with van der Waals surface area (Å²) in [4.78, 5) is 27.1. The molecule has 2 aliphatic rings. The molecule has 1 heterocycles. The van der Waals surface area contributed by atoms with Crippen molar-refractivity contribution in [3.8, 4) is 11.5 Å². The minimum absolute atomic E-state index is 0.0681. The highest BCUT2D eigenvalue weighted by molar-refractivity contribution is 6.10. The first-order valence-electron chi connectivity index (χ1n) is 15.3. The smallest absolute Gasteiger partial charge is 0.274 e. The molecule has 2 atom stereocenters. The van der Waals surface area contributed by atoms with Crippen LogP contribution >= 0.6 is 0 Å². The Bertz CT molecular complexity index is 1670. The van der Waals surface area contributed by atoms with Gasteiger partial charge in [-0.15, -0.1) is 0 Å². The van der Waals surface area contributed by atoms with Crippen LogP contribution in [0.2, 0.25) is 0 Å². The molecule has 0 unspecified atom stereocenters. The lowest BCUT2D eigenvalue weighted by Gasteiger charge is -2.30. The summed E-state index contributed by atoms with van der Waals surface area (Å²) in [7, 11) is 0. The fourth-order valence-electron chi connectivity index (χ4n) is 6.11. The largest absolute Gasteiger partial charge is 0.494 e. The second-order valence-corrected chi connectivity index (χ2v) is 11.0. The number of benzene rings is 4. The van der Waals surface area contributed by atoms with Gasteiger partial charge < -0.3 is 9.47 Å². The predicted octanol–water partition coefficient (Wildman–Crippen LogP) is 8.15. The number of fused-ring (bicyclic) bond motifs is 1. The topological polar surface area (TPSA) is 68.2 Å². The number of ether oxygens (including phenoxy) is 2. The molecule has 1 fully saturated rings. The van der Waals surface area contributed by atoms with Gasteiger partial charge in [-0.1, -0.05) is 66.7 Å². The summed E-state index contributed by atoms with van der Waals surface area (Å²) in [6, 6.07) is 31.9. The van der Waals surface area contributed by atoms with Gasteiger partial charge in [0, 0.05) is 22.6 Å². The van der Waals surface area contributed by atoms with Crippen molar-refractivity contribution in [1.29, 1.82) is 0 Å². The summed E-state index contributed by atoms with van der Waals surface area (Å²) >= 11 is 0. The minimum atomic E-state index is -0.247. The average Bonchev–Trinajstić information content (AvgIpc) is 3.47. The number of rotatable bonds is 9. The van der Waals surface area contributed by atoms with Crippen molar-refractivity contribution in [3.05, 3.63) is 137 Å². The first-order chi connectivity index (χ1) is 21.6. The maximum atomic E-state index is 14.1. The van der Waals surface area contributed by atoms with Crippen LogP contribution in [0.15, 0.2) is 114 Å². The van der Waals surface area contributed by atoms with Crippen LogP contribution in [0.3, 0.4) is 0 Å². The van der Waals surface area contributed by atoms with Crippen LogP contribution in [0.25, 0.3) is 6.08 Å². The number of amides is 1. The van der Waals surface area contributed by atoms with Crippen molar-refractivity contribution in [3.63, 3.8) is 0 Å². The normalized spacial score (nSPS) is 18.5. The maximum absolute atomic E-state index is 14.1. The Morgan fingerprint density at radius 2 is 1.36 bits per heavy atom. The van der Waals surface area contributed by atoms with Crippen molar-refractivity contribution in [2.45, 2.75) is 39.2 Å². The number of allylic oxidation sites excluding steroid dienone is 1. The highest BCUT2D eigenvalue weighted by Crippen LogP contribution is 2.45. The summed E-state index contributed by atoms with van der Waals surface area (Å²) in [5, 5.41) is 6.70. The first kappa shape index (κ1) is 29.1. The van der Waals surface area contributed by atoms with E-state index in [0.29, 0.717) is 29.9 Å². The molecule has 222 valence electrons. The van der Waals surface area contributed by atoms with Gasteiger partial charge >= 0.3 is 0 Å². The third kappa shape index (κ3) is 6.06. The van der Waals surface area contributed by atoms with Crippen LogP contribution in [-0.2, 0) is 0 Å². The predicted molar refractivity (Wildman–Crippen MR) is 173 cm³/mol. The molecular weight excluding hydrogens is 548 g/mol. The Balaban J connectivity index is 1.33. The molecule has 6 rings (SSSR count). The fourth-order valence-corrected chi connectivity index (χ4v) is 6.11. The molecule has 4 aromatic rings. The van der Waals surface area contributed by atoms with Gasteiger partial charge in [-0.05, 0) is 92.3 Å². The molecular formula is C38H36N2O4. The molecule has 1 saturated carbocycles. The van der Waals surface area contributed by atoms with E-state index in [1.165, 1.54) is 0 Å². The molecule has 4 aromatic carbocycles. The van der Waals surface area contributed by atoms with Gasteiger partial charge in [0.15, 0.2) is 5.78 Å².